The van der Waals surface area contributed by atoms with Gasteiger partial charge in [-0.25, -0.2) is 0 Å². The molecule has 0 spiro atoms. The zero-order chi connectivity index (χ0) is 22.2. The van der Waals surface area contributed by atoms with Crippen molar-refractivity contribution in [2.24, 2.45) is 0 Å². The van der Waals surface area contributed by atoms with Gasteiger partial charge >= 0.3 is 0 Å². The smallest absolute Gasteiger partial charge is 0.202 e. The van der Waals surface area contributed by atoms with Gasteiger partial charge in [0.05, 0.1) is 7.11 Å². The summed E-state index contributed by atoms with van der Waals surface area (Å²) < 4.78 is 42.6. The van der Waals surface area contributed by atoms with E-state index in [0.717, 1.165) is 11.3 Å². The van der Waals surface area contributed by atoms with E-state index in [4.69, 9.17) is 37.9 Å². The second kappa shape index (κ2) is 11.0. The Balaban J connectivity index is 1.89. The first-order valence-electron chi connectivity index (χ1n) is 9.49. The summed E-state index contributed by atoms with van der Waals surface area (Å²) in [5.74, 6) is 1.34. The summed E-state index contributed by atoms with van der Waals surface area (Å²) in [6, 6.07) is 10.5. The second-order valence-corrected chi connectivity index (χ2v) is 6.56. The molecule has 0 aromatic heterocycles. The minimum atomic E-state index is -0.672. The van der Waals surface area contributed by atoms with Crippen molar-refractivity contribution >= 4 is 5.78 Å². The lowest BCUT2D eigenvalue weighted by Crippen LogP contribution is -2.15. The maximum atomic E-state index is 13.4. The molecule has 9 heteroatoms. The van der Waals surface area contributed by atoms with Crippen LogP contribution in [0.3, 0.4) is 0 Å². The van der Waals surface area contributed by atoms with Crippen LogP contribution in [0.2, 0.25) is 0 Å². The lowest BCUT2D eigenvalue weighted by molar-refractivity contribution is 0.0397. The molecule has 1 aliphatic heterocycles. The number of rotatable bonds is 13. The molecule has 0 amide bonds. The summed E-state index contributed by atoms with van der Waals surface area (Å²) in [5, 5.41) is 0. The Bertz CT molecular complexity index is 837. The first-order chi connectivity index (χ1) is 15.1. The van der Waals surface area contributed by atoms with E-state index in [1.807, 2.05) is 24.3 Å². The molecule has 2 atom stereocenters. The number of ketones is 1. The third kappa shape index (κ3) is 5.65. The molecule has 31 heavy (non-hydrogen) atoms. The Morgan fingerprint density at radius 3 is 1.87 bits per heavy atom. The van der Waals surface area contributed by atoms with E-state index in [2.05, 4.69) is 0 Å². The van der Waals surface area contributed by atoms with E-state index in [0.29, 0.717) is 5.75 Å². The van der Waals surface area contributed by atoms with Gasteiger partial charge in [0, 0.05) is 33.5 Å². The number of benzene rings is 2. The molecule has 9 nitrogen and oxygen atoms in total. The SMILES string of the molecule is COCOc1cc(OCOC)c(C(=O)C2OC2c2ccc(OC)cc2)c(OCOC)c1. The molecule has 0 aliphatic carbocycles. The Kier molecular flexibility index (Phi) is 8.07. The number of hydrogen-bond acceptors (Lipinski definition) is 9. The van der Waals surface area contributed by atoms with Crippen LogP contribution in [0.4, 0.5) is 0 Å². The fourth-order valence-corrected chi connectivity index (χ4v) is 2.99. The average molecular weight is 434 g/mol. The van der Waals surface area contributed by atoms with Crippen LogP contribution in [0, 0.1) is 0 Å². The topological polar surface area (TPSA) is 94.2 Å². The van der Waals surface area contributed by atoms with Gasteiger partial charge in [0.15, 0.2) is 26.5 Å². The van der Waals surface area contributed by atoms with E-state index in [1.165, 1.54) is 21.3 Å². The maximum Gasteiger partial charge on any atom is 0.202 e. The minimum Gasteiger partial charge on any atom is -0.497 e. The van der Waals surface area contributed by atoms with Crippen LogP contribution in [0.5, 0.6) is 23.0 Å². The Morgan fingerprint density at radius 1 is 0.806 bits per heavy atom. The van der Waals surface area contributed by atoms with E-state index >= 15 is 0 Å². The van der Waals surface area contributed by atoms with Crippen molar-refractivity contribution in [1.29, 1.82) is 0 Å². The molecule has 1 aliphatic rings. The Hall–Kier alpha value is -2.85. The third-order valence-corrected chi connectivity index (χ3v) is 4.49. The van der Waals surface area contributed by atoms with Crippen molar-refractivity contribution in [2.45, 2.75) is 12.2 Å². The molecule has 2 aromatic rings. The lowest BCUT2D eigenvalue weighted by Gasteiger charge is -2.17. The van der Waals surface area contributed by atoms with Crippen LogP contribution in [-0.2, 0) is 18.9 Å². The zero-order valence-electron chi connectivity index (χ0n) is 17.9. The molecule has 1 saturated heterocycles. The van der Waals surface area contributed by atoms with Gasteiger partial charge in [-0.1, -0.05) is 12.1 Å². The van der Waals surface area contributed by atoms with Crippen molar-refractivity contribution in [1.82, 2.24) is 0 Å². The average Bonchev–Trinajstić information content (AvgIpc) is 3.60. The van der Waals surface area contributed by atoms with Crippen LogP contribution >= 0.6 is 0 Å². The fourth-order valence-electron chi connectivity index (χ4n) is 2.99. The van der Waals surface area contributed by atoms with Gasteiger partial charge in [0.1, 0.15) is 34.7 Å². The number of ether oxygens (including phenoxy) is 8. The molecule has 3 rings (SSSR count). The highest BCUT2D eigenvalue weighted by Gasteiger charge is 2.48. The van der Waals surface area contributed by atoms with Crippen LogP contribution < -0.4 is 18.9 Å². The molecule has 1 heterocycles. The second-order valence-electron chi connectivity index (χ2n) is 6.56. The van der Waals surface area contributed by atoms with Crippen molar-refractivity contribution in [3.63, 3.8) is 0 Å². The van der Waals surface area contributed by atoms with Gasteiger partial charge in [-0.15, -0.1) is 0 Å². The van der Waals surface area contributed by atoms with Crippen molar-refractivity contribution in [3.8, 4) is 23.0 Å². The summed E-state index contributed by atoms with van der Waals surface area (Å²) in [4.78, 5) is 13.4. The third-order valence-electron chi connectivity index (χ3n) is 4.49. The van der Waals surface area contributed by atoms with Gasteiger partial charge in [0.2, 0.25) is 5.78 Å². The first kappa shape index (κ1) is 22.8. The number of methoxy groups -OCH3 is 4. The molecule has 0 radical (unpaired) electrons. The maximum absolute atomic E-state index is 13.4. The van der Waals surface area contributed by atoms with Crippen LogP contribution in [0.25, 0.3) is 0 Å². The molecule has 1 fully saturated rings. The summed E-state index contributed by atoms with van der Waals surface area (Å²) in [6.45, 7) is -0.109. The van der Waals surface area contributed by atoms with Crippen molar-refractivity contribution in [2.75, 3.05) is 48.8 Å². The normalized spacial score (nSPS) is 17.2. The first-order valence-corrected chi connectivity index (χ1v) is 9.49. The molecular weight excluding hydrogens is 408 g/mol. The fraction of sp³-hybridized carbons (Fsp3) is 0.409. The van der Waals surface area contributed by atoms with E-state index in [1.54, 1.807) is 19.2 Å². The Labute approximate surface area is 180 Å². The van der Waals surface area contributed by atoms with Crippen LogP contribution in [-0.4, -0.2) is 60.7 Å². The Morgan fingerprint density at radius 2 is 1.35 bits per heavy atom. The number of carbonyl (C=O) groups excluding carboxylic acids is 1. The highest BCUT2D eigenvalue weighted by Crippen LogP contribution is 2.45. The highest BCUT2D eigenvalue weighted by atomic mass is 16.7. The molecule has 0 bridgehead atoms. The number of carbonyl (C=O) groups is 1. The van der Waals surface area contributed by atoms with Gasteiger partial charge in [-0.3, -0.25) is 4.79 Å². The predicted octanol–water partition coefficient (Wildman–Crippen LogP) is 2.97. The van der Waals surface area contributed by atoms with Gasteiger partial charge in [0.25, 0.3) is 0 Å². The minimum absolute atomic E-state index is 0.0198. The summed E-state index contributed by atoms with van der Waals surface area (Å²) in [7, 11) is 6.07. The monoisotopic (exact) mass is 434 g/mol. The standard InChI is InChI=1S/C22H26O9/c1-24-11-28-16-9-17(29-12-25-2)19(18(10-16)30-13-26-3)20(23)22-21(31-22)14-5-7-15(27-4)8-6-14/h5-10,21-22H,11-13H2,1-4H3. The summed E-state index contributed by atoms with van der Waals surface area (Å²) in [5.41, 5.74) is 1.10. The van der Waals surface area contributed by atoms with Gasteiger partial charge in [-0.2, -0.15) is 0 Å². The molecule has 0 saturated carbocycles. The predicted molar refractivity (Wildman–Crippen MR) is 109 cm³/mol. The van der Waals surface area contributed by atoms with E-state index < -0.39 is 6.10 Å². The molecule has 2 unspecified atom stereocenters. The largest absolute Gasteiger partial charge is 0.497 e. The summed E-state index contributed by atoms with van der Waals surface area (Å²) in [6.07, 6.45) is -1.04. The summed E-state index contributed by atoms with van der Waals surface area (Å²) >= 11 is 0. The molecule has 0 N–H and O–H groups in total. The number of epoxide rings is 1. The molecule has 168 valence electrons. The van der Waals surface area contributed by atoms with E-state index in [-0.39, 0.29) is 49.3 Å². The lowest BCUT2D eigenvalue weighted by atomic mass is 10.0. The molecular formula is C22H26O9. The molecule has 2 aromatic carbocycles. The van der Waals surface area contributed by atoms with Crippen molar-refractivity contribution < 1.29 is 42.7 Å². The number of hydrogen-bond donors (Lipinski definition) is 0. The van der Waals surface area contributed by atoms with Gasteiger partial charge < -0.3 is 37.9 Å². The van der Waals surface area contributed by atoms with Gasteiger partial charge in [-0.05, 0) is 17.7 Å². The number of Topliss-reactive ketones (excluding diaryl/α,β-unsaturated/α-hetero) is 1. The van der Waals surface area contributed by atoms with Crippen molar-refractivity contribution in [3.05, 3.63) is 47.5 Å². The highest BCUT2D eigenvalue weighted by molar-refractivity contribution is 6.06. The van der Waals surface area contributed by atoms with Crippen LogP contribution in [0.1, 0.15) is 22.0 Å². The van der Waals surface area contributed by atoms with E-state index in [9.17, 15) is 4.79 Å². The zero-order valence-corrected chi connectivity index (χ0v) is 17.9. The van der Waals surface area contributed by atoms with Crippen LogP contribution in [0.15, 0.2) is 36.4 Å². The quantitative estimate of drug-likeness (QED) is 0.268.